The molecule has 0 aromatic carbocycles. The van der Waals surface area contributed by atoms with Crippen molar-refractivity contribution >= 4 is 28.8 Å². The van der Waals surface area contributed by atoms with Crippen LogP contribution in [-0.2, 0) is 9.53 Å². The van der Waals surface area contributed by atoms with E-state index in [2.05, 4.69) is 4.98 Å². The van der Waals surface area contributed by atoms with Gasteiger partial charge in [-0.1, -0.05) is 5.57 Å². The lowest BCUT2D eigenvalue weighted by molar-refractivity contribution is -0.138. The summed E-state index contributed by atoms with van der Waals surface area (Å²) in [4.78, 5) is 42.4. The topological polar surface area (TPSA) is 128 Å². The summed E-state index contributed by atoms with van der Waals surface area (Å²) in [6, 6.07) is 1.13. The maximum Gasteiger partial charge on any atom is 0.341 e. The number of carbonyl (C=O) groups excluding carboxylic acids is 1. The number of anilines is 1. The molecule has 1 aliphatic heterocycles. The van der Waals surface area contributed by atoms with Gasteiger partial charge in [0.1, 0.15) is 11.2 Å². The van der Waals surface area contributed by atoms with Gasteiger partial charge in [-0.05, 0) is 38.7 Å². The lowest BCUT2D eigenvalue weighted by Gasteiger charge is -2.31. The molecule has 4 rings (SSSR count). The fourth-order valence-electron chi connectivity index (χ4n) is 4.12. The molecule has 1 saturated carbocycles. The van der Waals surface area contributed by atoms with Crippen LogP contribution in [0.1, 0.15) is 49.0 Å². The van der Waals surface area contributed by atoms with Gasteiger partial charge in [0.15, 0.2) is 11.6 Å². The van der Waals surface area contributed by atoms with Gasteiger partial charge in [-0.25, -0.2) is 19.0 Å². The molecule has 0 bridgehead atoms. The number of halogens is 1. The Morgan fingerprint density at radius 3 is 2.56 bits per heavy atom. The van der Waals surface area contributed by atoms with E-state index in [9.17, 15) is 19.5 Å². The van der Waals surface area contributed by atoms with Gasteiger partial charge in [0, 0.05) is 31.9 Å². The van der Waals surface area contributed by atoms with E-state index >= 15 is 4.39 Å². The summed E-state index contributed by atoms with van der Waals surface area (Å²) >= 11 is 0. The van der Waals surface area contributed by atoms with E-state index in [4.69, 9.17) is 10.5 Å². The molecule has 0 radical (unpaired) electrons. The molecule has 0 amide bonds. The Morgan fingerprint density at radius 2 is 2.00 bits per heavy atom. The molecule has 1 aliphatic carbocycles. The zero-order valence-electron chi connectivity index (χ0n) is 17.8. The first-order chi connectivity index (χ1) is 15.3. The van der Waals surface area contributed by atoms with Crippen molar-refractivity contribution in [3.63, 3.8) is 0 Å². The summed E-state index contributed by atoms with van der Waals surface area (Å²) in [7, 11) is 0. The standard InChI is InChI=1S/C22H25FN4O5/c1-2-32-22(31)15(10-24)12-5-7-26(8-6-12)20-17(23)9-14-18(28)16(21(29)30)11-27(13-3-4-13)19(14)25-20/h9,11,13H,2-8,10,24H2,1H3,(H,29,30). The van der Waals surface area contributed by atoms with Crippen LogP contribution in [0, 0.1) is 5.82 Å². The minimum atomic E-state index is -1.34. The molecule has 2 aliphatic rings. The van der Waals surface area contributed by atoms with E-state index in [-0.39, 0.29) is 41.6 Å². The summed E-state index contributed by atoms with van der Waals surface area (Å²) in [6.45, 7) is 2.92. The molecule has 10 heteroatoms. The molecule has 1 saturated heterocycles. The first kappa shape index (κ1) is 21.9. The summed E-state index contributed by atoms with van der Waals surface area (Å²) in [6.07, 6.45) is 4.02. The number of ether oxygens (including phenoxy) is 1. The fraction of sp³-hybridized carbons (Fsp3) is 0.455. The van der Waals surface area contributed by atoms with Crippen LogP contribution in [0.2, 0.25) is 0 Å². The number of esters is 1. The number of pyridine rings is 2. The predicted octanol–water partition coefficient (Wildman–Crippen LogP) is 1.99. The summed E-state index contributed by atoms with van der Waals surface area (Å²) < 4.78 is 21.8. The normalized spacial score (nSPS) is 16.3. The van der Waals surface area contributed by atoms with Crippen LogP contribution in [0.5, 0.6) is 0 Å². The van der Waals surface area contributed by atoms with E-state index in [1.54, 1.807) is 16.4 Å². The van der Waals surface area contributed by atoms with Crippen LogP contribution in [-0.4, -0.2) is 52.8 Å². The van der Waals surface area contributed by atoms with Crippen molar-refractivity contribution in [2.24, 2.45) is 5.73 Å². The highest BCUT2D eigenvalue weighted by atomic mass is 19.1. The van der Waals surface area contributed by atoms with Gasteiger partial charge in [0.2, 0.25) is 5.43 Å². The number of fused-ring (bicyclic) bond motifs is 1. The van der Waals surface area contributed by atoms with Gasteiger partial charge in [-0.2, -0.15) is 0 Å². The summed E-state index contributed by atoms with van der Waals surface area (Å²) in [5.74, 6) is -2.34. The second kappa shape index (κ2) is 8.70. The van der Waals surface area contributed by atoms with Crippen molar-refractivity contribution in [1.29, 1.82) is 0 Å². The number of carbonyl (C=O) groups is 2. The van der Waals surface area contributed by atoms with E-state index in [1.165, 1.54) is 6.20 Å². The Labute approximate surface area is 183 Å². The van der Waals surface area contributed by atoms with Gasteiger partial charge >= 0.3 is 11.9 Å². The molecular formula is C22H25FN4O5. The van der Waals surface area contributed by atoms with Crippen LogP contribution >= 0.6 is 0 Å². The molecule has 9 nitrogen and oxygen atoms in total. The number of hydrogen-bond acceptors (Lipinski definition) is 7. The number of rotatable bonds is 6. The number of nitrogens with zero attached hydrogens (tertiary/aromatic N) is 3. The van der Waals surface area contributed by atoms with Crippen LogP contribution in [0.4, 0.5) is 10.2 Å². The molecule has 170 valence electrons. The van der Waals surface area contributed by atoms with Crippen LogP contribution in [0.15, 0.2) is 28.2 Å². The molecule has 0 spiro atoms. The molecule has 2 aromatic heterocycles. The molecule has 0 unspecified atom stereocenters. The third kappa shape index (κ3) is 3.97. The second-order valence-electron chi connectivity index (χ2n) is 7.97. The van der Waals surface area contributed by atoms with Crippen molar-refractivity contribution in [2.45, 2.75) is 38.6 Å². The monoisotopic (exact) mass is 444 g/mol. The Kier molecular flexibility index (Phi) is 5.96. The number of aromatic nitrogens is 2. The van der Waals surface area contributed by atoms with Crippen LogP contribution in [0.25, 0.3) is 11.0 Å². The van der Waals surface area contributed by atoms with E-state index < -0.39 is 23.2 Å². The fourth-order valence-corrected chi connectivity index (χ4v) is 4.12. The van der Waals surface area contributed by atoms with E-state index in [0.717, 1.165) is 24.5 Å². The molecule has 3 N–H and O–H groups in total. The average molecular weight is 444 g/mol. The largest absolute Gasteiger partial charge is 0.477 e. The van der Waals surface area contributed by atoms with Gasteiger partial charge in [-0.15, -0.1) is 0 Å². The minimum absolute atomic E-state index is 0.0385. The Hall–Kier alpha value is -3.27. The minimum Gasteiger partial charge on any atom is -0.477 e. The van der Waals surface area contributed by atoms with Crippen molar-refractivity contribution in [2.75, 3.05) is 31.1 Å². The van der Waals surface area contributed by atoms with Crippen molar-refractivity contribution in [3.05, 3.63) is 45.0 Å². The lowest BCUT2D eigenvalue weighted by Crippen LogP contribution is -2.34. The number of piperidine rings is 1. The quantitative estimate of drug-likeness (QED) is 0.511. The molecule has 32 heavy (non-hydrogen) atoms. The summed E-state index contributed by atoms with van der Waals surface area (Å²) in [5.41, 5.74) is 6.25. The lowest BCUT2D eigenvalue weighted by atomic mass is 9.97. The van der Waals surface area contributed by atoms with Gasteiger partial charge in [0.25, 0.3) is 0 Å². The molecule has 0 atom stereocenters. The summed E-state index contributed by atoms with van der Waals surface area (Å²) in [5, 5.41) is 9.32. The predicted molar refractivity (Wildman–Crippen MR) is 115 cm³/mol. The number of hydrogen-bond donors (Lipinski definition) is 2. The van der Waals surface area contributed by atoms with Gasteiger partial charge < -0.3 is 25.0 Å². The van der Waals surface area contributed by atoms with Gasteiger partial charge in [-0.3, -0.25) is 4.79 Å². The Balaban J connectivity index is 1.69. The highest BCUT2D eigenvalue weighted by Gasteiger charge is 2.29. The molecular weight excluding hydrogens is 419 g/mol. The highest BCUT2D eigenvalue weighted by molar-refractivity contribution is 5.92. The average Bonchev–Trinajstić information content (AvgIpc) is 3.60. The SMILES string of the molecule is CCOC(=O)C(CN)=C1CCN(c2nc3c(cc2F)c(=O)c(C(=O)O)cn3C2CC2)CC1. The highest BCUT2D eigenvalue weighted by Crippen LogP contribution is 2.37. The Morgan fingerprint density at radius 1 is 1.31 bits per heavy atom. The number of aromatic carboxylic acids is 1. The maximum absolute atomic E-state index is 15.0. The first-order valence-electron chi connectivity index (χ1n) is 10.7. The molecule has 3 heterocycles. The van der Waals surface area contributed by atoms with E-state index in [0.29, 0.717) is 31.5 Å². The van der Waals surface area contributed by atoms with Crippen LogP contribution in [0.3, 0.4) is 0 Å². The first-order valence-corrected chi connectivity index (χ1v) is 10.7. The Bertz CT molecular complexity index is 1180. The zero-order chi connectivity index (χ0) is 23.0. The van der Waals surface area contributed by atoms with Crippen LogP contribution < -0.4 is 16.1 Å². The van der Waals surface area contributed by atoms with Crippen molar-refractivity contribution in [3.8, 4) is 0 Å². The molecule has 2 aromatic rings. The number of carboxylic acid groups (broad SMARTS) is 1. The third-order valence-electron chi connectivity index (χ3n) is 5.93. The van der Waals surface area contributed by atoms with E-state index in [1.807, 2.05) is 0 Å². The zero-order valence-corrected chi connectivity index (χ0v) is 17.8. The maximum atomic E-state index is 15.0. The van der Waals surface area contributed by atoms with Crippen molar-refractivity contribution < 1.29 is 23.8 Å². The number of carboxylic acids is 1. The third-order valence-corrected chi connectivity index (χ3v) is 5.93. The smallest absolute Gasteiger partial charge is 0.341 e. The molecule has 2 fully saturated rings. The van der Waals surface area contributed by atoms with Crippen molar-refractivity contribution in [1.82, 2.24) is 9.55 Å². The van der Waals surface area contributed by atoms with Gasteiger partial charge in [0.05, 0.1) is 17.6 Å². The number of nitrogens with two attached hydrogens (primary N) is 1. The second-order valence-corrected chi connectivity index (χ2v) is 7.97.